The second-order valence-corrected chi connectivity index (χ2v) is 6.51. The molecule has 6 heteroatoms. The van der Waals surface area contributed by atoms with Crippen molar-refractivity contribution in [1.82, 2.24) is 15.1 Å². The number of aromatic nitrogens is 2. The van der Waals surface area contributed by atoms with Gasteiger partial charge in [-0.2, -0.15) is 5.10 Å². The number of nitrogens with one attached hydrogen (secondary N) is 1. The Morgan fingerprint density at radius 1 is 1.19 bits per heavy atom. The molecule has 0 aliphatic carbocycles. The van der Waals surface area contributed by atoms with Crippen molar-refractivity contribution in [3.8, 4) is 16.9 Å². The third-order valence-electron chi connectivity index (χ3n) is 4.65. The molecule has 0 saturated carbocycles. The molecule has 2 aromatic carbocycles. The number of benzene rings is 2. The number of rotatable bonds is 5. The lowest BCUT2D eigenvalue weighted by Gasteiger charge is -2.12. The second-order valence-electron chi connectivity index (χ2n) is 6.51. The maximum atomic E-state index is 13.3. The summed E-state index contributed by atoms with van der Waals surface area (Å²) in [7, 11) is 0. The van der Waals surface area contributed by atoms with Crippen LogP contribution in [0.2, 0.25) is 0 Å². The highest BCUT2D eigenvalue weighted by atomic mass is 19.1. The largest absolute Gasteiger partial charge is 0.376 e. The summed E-state index contributed by atoms with van der Waals surface area (Å²) in [5.74, 6) is -0.514. The maximum Gasteiger partial charge on any atom is 0.255 e. The number of carbonyl (C=O) groups is 1. The standard InChI is InChI=1S/C21H20FN3O2/c22-16-8-10-17(11-9-16)25-20(15-5-2-1-3-6-15)19(14-24-25)21(26)23-13-18-7-4-12-27-18/h1-3,5-6,8-11,14,18H,4,7,12-13H2,(H,23,26)/t18-/m1/s1. The Kier molecular flexibility index (Phi) is 4.98. The van der Waals surface area contributed by atoms with Crippen molar-refractivity contribution in [3.05, 3.63) is 72.2 Å². The molecular formula is C21H20FN3O2. The van der Waals surface area contributed by atoms with Crippen molar-refractivity contribution in [3.63, 3.8) is 0 Å². The van der Waals surface area contributed by atoms with Crippen LogP contribution < -0.4 is 5.32 Å². The zero-order chi connectivity index (χ0) is 18.6. The van der Waals surface area contributed by atoms with Crippen LogP contribution in [0.25, 0.3) is 16.9 Å². The van der Waals surface area contributed by atoms with Crippen LogP contribution in [0, 0.1) is 5.82 Å². The molecule has 27 heavy (non-hydrogen) atoms. The van der Waals surface area contributed by atoms with Crippen LogP contribution in [0.1, 0.15) is 23.2 Å². The van der Waals surface area contributed by atoms with Gasteiger partial charge in [0.25, 0.3) is 5.91 Å². The lowest BCUT2D eigenvalue weighted by Crippen LogP contribution is -2.31. The highest BCUT2D eigenvalue weighted by Crippen LogP contribution is 2.27. The first-order chi connectivity index (χ1) is 13.2. The lowest BCUT2D eigenvalue weighted by atomic mass is 10.1. The fourth-order valence-electron chi connectivity index (χ4n) is 3.27. The van der Waals surface area contributed by atoms with Gasteiger partial charge in [-0.05, 0) is 37.1 Å². The summed E-state index contributed by atoms with van der Waals surface area (Å²) >= 11 is 0. The number of hydrogen-bond donors (Lipinski definition) is 1. The van der Waals surface area contributed by atoms with Crippen LogP contribution >= 0.6 is 0 Å². The number of halogens is 1. The van der Waals surface area contributed by atoms with Gasteiger partial charge in [0.1, 0.15) is 5.82 Å². The van der Waals surface area contributed by atoms with Crippen molar-refractivity contribution >= 4 is 5.91 Å². The Bertz CT molecular complexity index is 916. The topological polar surface area (TPSA) is 56.1 Å². The Balaban J connectivity index is 1.68. The number of nitrogens with zero attached hydrogens (tertiary/aromatic N) is 2. The van der Waals surface area contributed by atoms with E-state index in [-0.39, 0.29) is 17.8 Å². The molecule has 1 aliphatic rings. The minimum Gasteiger partial charge on any atom is -0.376 e. The van der Waals surface area contributed by atoms with E-state index in [9.17, 15) is 9.18 Å². The molecule has 1 N–H and O–H groups in total. The lowest BCUT2D eigenvalue weighted by molar-refractivity contribution is 0.0858. The highest BCUT2D eigenvalue weighted by molar-refractivity contribution is 6.00. The molecule has 1 atom stereocenters. The Hall–Kier alpha value is -2.99. The van der Waals surface area contributed by atoms with Crippen molar-refractivity contribution in [1.29, 1.82) is 0 Å². The van der Waals surface area contributed by atoms with Crippen LogP contribution in [0.4, 0.5) is 4.39 Å². The number of amides is 1. The molecule has 0 spiro atoms. The summed E-state index contributed by atoms with van der Waals surface area (Å²) in [6, 6.07) is 15.6. The van der Waals surface area contributed by atoms with Gasteiger partial charge in [-0.25, -0.2) is 9.07 Å². The molecule has 1 fully saturated rings. The zero-order valence-corrected chi connectivity index (χ0v) is 14.8. The molecule has 5 nitrogen and oxygen atoms in total. The normalized spacial score (nSPS) is 16.4. The fraction of sp³-hybridized carbons (Fsp3) is 0.238. The summed E-state index contributed by atoms with van der Waals surface area (Å²) in [5.41, 5.74) is 2.70. The summed E-state index contributed by atoms with van der Waals surface area (Å²) in [6.45, 7) is 1.23. The molecule has 0 radical (unpaired) electrons. The summed E-state index contributed by atoms with van der Waals surface area (Å²) < 4.78 is 20.5. The van der Waals surface area contributed by atoms with Crippen LogP contribution in [0.15, 0.2) is 60.8 Å². The van der Waals surface area contributed by atoms with Gasteiger partial charge in [-0.15, -0.1) is 0 Å². The maximum absolute atomic E-state index is 13.3. The number of ether oxygens (including phenoxy) is 1. The van der Waals surface area contributed by atoms with Gasteiger partial charge in [0.05, 0.1) is 29.2 Å². The first-order valence-corrected chi connectivity index (χ1v) is 9.01. The van der Waals surface area contributed by atoms with E-state index >= 15 is 0 Å². The van der Waals surface area contributed by atoms with Gasteiger partial charge in [0.2, 0.25) is 0 Å². The first-order valence-electron chi connectivity index (χ1n) is 9.01. The van der Waals surface area contributed by atoms with Crippen LogP contribution in [-0.4, -0.2) is 34.9 Å². The highest BCUT2D eigenvalue weighted by Gasteiger charge is 2.22. The summed E-state index contributed by atoms with van der Waals surface area (Å²) in [6.07, 6.45) is 3.61. The molecule has 2 heterocycles. The van der Waals surface area contributed by atoms with Gasteiger partial charge in [-0.3, -0.25) is 4.79 Å². The van der Waals surface area contributed by atoms with E-state index in [0.29, 0.717) is 23.5 Å². The third-order valence-corrected chi connectivity index (χ3v) is 4.65. The predicted octanol–water partition coefficient (Wildman–Crippen LogP) is 3.59. The quantitative estimate of drug-likeness (QED) is 0.752. The molecule has 0 bridgehead atoms. The van der Waals surface area contributed by atoms with Crippen molar-refractivity contribution in [2.45, 2.75) is 18.9 Å². The SMILES string of the molecule is O=C(NC[C@H]1CCCO1)c1cnn(-c2ccc(F)cc2)c1-c1ccccc1. The van der Waals surface area contributed by atoms with Gasteiger partial charge in [-0.1, -0.05) is 30.3 Å². The van der Waals surface area contributed by atoms with Gasteiger partial charge in [0.15, 0.2) is 0 Å². The fourth-order valence-corrected chi connectivity index (χ4v) is 3.27. The van der Waals surface area contributed by atoms with E-state index < -0.39 is 0 Å². The molecular weight excluding hydrogens is 345 g/mol. The Labute approximate surface area is 156 Å². The molecule has 138 valence electrons. The van der Waals surface area contributed by atoms with E-state index in [1.54, 1.807) is 23.0 Å². The average molecular weight is 365 g/mol. The molecule has 1 saturated heterocycles. The smallest absolute Gasteiger partial charge is 0.255 e. The van der Waals surface area contributed by atoms with E-state index in [1.165, 1.54) is 12.1 Å². The average Bonchev–Trinajstić information content (AvgIpc) is 3.37. The second kappa shape index (κ2) is 7.72. The van der Waals surface area contributed by atoms with Crippen molar-refractivity contribution in [2.75, 3.05) is 13.2 Å². The van der Waals surface area contributed by atoms with Gasteiger partial charge in [0, 0.05) is 18.7 Å². The van der Waals surface area contributed by atoms with E-state index in [1.807, 2.05) is 30.3 Å². The number of hydrogen-bond acceptors (Lipinski definition) is 3. The van der Waals surface area contributed by atoms with Gasteiger partial charge >= 0.3 is 0 Å². The van der Waals surface area contributed by atoms with Crippen LogP contribution in [-0.2, 0) is 4.74 Å². The molecule has 1 aliphatic heterocycles. The summed E-state index contributed by atoms with van der Waals surface area (Å²) in [5, 5.41) is 7.34. The molecule has 1 amide bonds. The van der Waals surface area contributed by atoms with Crippen LogP contribution in [0.5, 0.6) is 0 Å². The van der Waals surface area contributed by atoms with Crippen molar-refractivity contribution in [2.24, 2.45) is 0 Å². The minimum atomic E-state index is -0.318. The Morgan fingerprint density at radius 2 is 1.96 bits per heavy atom. The van der Waals surface area contributed by atoms with Crippen LogP contribution in [0.3, 0.4) is 0 Å². The van der Waals surface area contributed by atoms with Gasteiger partial charge < -0.3 is 10.1 Å². The monoisotopic (exact) mass is 365 g/mol. The minimum absolute atomic E-state index is 0.0706. The molecule has 4 rings (SSSR count). The van der Waals surface area contributed by atoms with E-state index in [4.69, 9.17) is 4.74 Å². The van der Waals surface area contributed by atoms with E-state index in [0.717, 1.165) is 25.0 Å². The first kappa shape index (κ1) is 17.4. The molecule has 0 unspecified atom stereocenters. The zero-order valence-electron chi connectivity index (χ0n) is 14.8. The molecule has 3 aromatic rings. The van der Waals surface area contributed by atoms with Crippen molar-refractivity contribution < 1.29 is 13.9 Å². The summed E-state index contributed by atoms with van der Waals surface area (Å²) in [4.78, 5) is 12.8. The number of carbonyl (C=O) groups excluding carboxylic acids is 1. The van der Waals surface area contributed by atoms with E-state index in [2.05, 4.69) is 10.4 Å². The Morgan fingerprint density at radius 3 is 2.67 bits per heavy atom. The predicted molar refractivity (Wildman–Crippen MR) is 100 cm³/mol. The molecule has 1 aromatic heterocycles. The third kappa shape index (κ3) is 3.75.